The first kappa shape index (κ1) is 13.4. The van der Waals surface area contributed by atoms with Gasteiger partial charge >= 0.3 is 0 Å². The minimum atomic E-state index is -0.538. The van der Waals surface area contributed by atoms with Gasteiger partial charge in [-0.1, -0.05) is 30.3 Å². The highest BCUT2D eigenvalue weighted by molar-refractivity contribution is 5.81. The van der Waals surface area contributed by atoms with Crippen LogP contribution in [0.15, 0.2) is 35.3 Å². The molecule has 4 heteroatoms. The van der Waals surface area contributed by atoms with Crippen molar-refractivity contribution in [1.29, 1.82) is 0 Å². The van der Waals surface area contributed by atoms with Gasteiger partial charge in [-0.05, 0) is 33.6 Å². The van der Waals surface area contributed by atoms with E-state index in [2.05, 4.69) is 38.2 Å². The maximum Gasteiger partial charge on any atom is 0.221 e. The first-order chi connectivity index (χ1) is 9.41. The molecule has 2 aliphatic rings. The highest BCUT2D eigenvalue weighted by Gasteiger charge is 2.53. The molecule has 108 valence electrons. The fraction of sp³-hybridized carbons (Fsp3) is 0.562. The molecule has 1 unspecified atom stereocenters. The van der Waals surface area contributed by atoms with Crippen molar-refractivity contribution >= 4 is 5.96 Å². The molecule has 1 fully saturated rings. The standard InChI is InChI=1S/C16H23N3O/c1-15(2,3)17-14-18-16(13-10-11-13,20-19(14)4)12-8-6-5-7-9-12/h5-9,13H,10-11H2,1-4H3,(H,17,18). The van der Waals surface area contributed by atoms with Gasteiger partial charge in [-0.3, -0.25) is 0 Å². The molecule has 0 radical (unpaired) electrons. The van der Waals surface area contributed by atoms with E-state index in [1.165, 1.54) is 12.8 Å². The van der Waals surface area contributed by atoms with Gasteiger partial charge < -0.3 is 5.32 Å². The summed E-state index contributed by atoms with van der Waals surface area (Å²) in [6.07, 6.45) is 2.35. The molecule has 1 aromatic carbocycles. The van der Waals surface area contributed by atoms with Crippen LogP contribution in [0.5, 0.6) is 0 Å². The maximum absolute atomic E-state index is 6.18. The topological polar surface area (TPSA) is 36.9 Å². The summed E-state index contributed by atoms with van der Waals surface area (Å²) < 4.78 is 0. The van der Waals surface area contributed by atoms with Crippen molar-refractivity contribution in [1.82, 2.24) is 10.4 Å². The molecule has 4 nitrogen and oxygen atoms in total. The van der Waals surface area contributed by atoms with Crippen LogP contribution in [-0.2, 0) is 10.6 Å². The number of guanidine groups is 1. The molecule has 20 heavy (non-hydrogen) atoms. The van der Waals surface area contributed by atoms with Crippen molar-refractivity contribution in [2.75, 3.05) is 7.05 Å². The van der Waals surface area contributed by atoms with E-state index in [-0.39, 0.29) is 5.54 Å². The van der Waals surface area contributed by atoms with E-state index in [1.54, 1.807) is 5.06 Å². The van der Waals surface area contributed by atoms with Gasteiger partial charge in [-0.25, -0.2) is 14.9 Å². The zero-order valence-corrected chi connectivity index (χ0v) is 12.7. The minimum absolute atomic E-state index is 0.0349. The summed E-state index contributed by atoms with van der Waals surface area (Å²) in [5.41, 5.74) is 0.566. The van der Waals surface area contributed by atoms with Gasteiger partial charge in [0.05, 0.1) is 0 Å². The summed E-state index contributed by atoms with van der Waals surface area (Å²) in [6.45, 7) is 6.38. The second-order valence-corrected chi connectivity index (χ2v) is 6.74. The van der Waals surface area contributed by atoms with Crippen molar-refractivity contribution < 1.29 is 4.84 Å². The van der Waals surface area contributed by atoms with Gasteiger partial charge in [0.25, 0.3) is 0 Å². The minimum Gasteiger partial charge on any atom is -0.350 e. The molecular weight excluding hydrogens is 250 g/mol. The maximum atomic E-state index is 6.18. The monoisotopic (exact) mass is 273 g/mol. The van der Waals surface area contributed by atoms with Crippen LogP contribution in [0.4, 0.5) is 0 Å². The van der Waals surface area contributed by atoms with Gasteiger partial charge in [0.1, 0.15) is 0 Å². The molecule has 1 heterocycles. The quantitative estimate of drug-likeness (QED) is 0.900. The second kappa shape index (κ2) is 4.48. The molecule has 0 amide bonds. The van der Waals surface area contributed by atoms with E-state index in [1.807, 2.05) is 25.2 Å². The Morgan fingerprint density at radius 3 is 2.45 bits per heavy atom. The smallest absolute Gasteiger partial charge is 0.221 e. The third-order valence-corrected chi connectivity index (χ3v) is 3.65. The largest absolute Gasteiger partial charge is 0.350 e. The molecule has 0 saturated heterocycles. The van der Waals surface area contributed by atoms with Crippen LogP contribution in [0.25, 0.3) is 0 Å². The van der Waals surface area contributed by atoms with E-state index in [0.29, 0.717) is 5.92 Å². The summed E-state index contributed by atoms with van der Waals surface area (Å²) in [6, 6.07) is 10.3. The Hall–Kier alpha value is -1.55. The number of aliphatic imine (C=N–C) groups is 1. The number of rotatable bonds is 2. The average molecular weight is 273 g/mol. The number of hydrogen-bond acceptors (Lipinski definition) is 4. The highest BCUT2D eigenvalue weighted by atomic mass is 16.7. The number of nitrogens with zero attached hydrogens (tertiary/aromatic N) is 2. The Bertz CT molecular complexity index is 516. The van der Waals surface area contributed by atoms with Gasteiger partial charge in [-0.15, -0.1) is 0 Å². The molecule has 1 aliphatic carbocycles. The van der Waals surface area contributed by atoms with Crippen molar-refractivity contribution in [2.24, 2.45) is 10.9 Å². The Labute approximate surface area is 120 Å². The van der Waals surface area contributed by atoms with Crippen LogP contribution in [0.3, 0.4) is 0 Å². The Kier molecular flexibility index (Phi) is 3.01. The lowest BCUT2D eigenvalue weighted by Gasteiger charge is -2.27. The highest BCUT2D eigenvalue weighted by Crippen LogP contribution is 2.51. The summed E-state index contributed by atoms with van der Waals surface area (Å²) in [4.78, 5) is 11.1. The lowest BCUT2D eigenvalue weighted by atomic mass is 9.98. The molecule has 0 bridgehead atoms. The zero-order chi connectivity index (χ0) is 14.4. The Morgan fingerprint density at radius 1 is 1.25 bits per heavy atom. The molecule has 0 spiro atoms. The lowest BCUT2D eigenvalue weighted by Crippen LogP contribution is -2.46. The fourth-order valence-corrected chi connectivity index (χ4v) is 2.61. The summed E-state index contributed by atoms with van der Waals surface area (Å²) >= 11 is 0. The van der Waals surface area contributed by atoms with E-state index >= 15 is 0 Å². The fourth-order valence-electron chi connectivity index (χ4n) is 2.61. The first-order valence-corrected chi connectivity index (χ1v) is 7.27. The van der Waals surface area contributed by atoms with Crippen LogP contribution >= 0.6 is 0 Å². The SMILES string of the molecule is CN1OC(c2ccccc2)(C2CC2)N=C1NC(C)(C)C. The van der Waals surface area contributed by atoms with Gasteiger partial charge in [0.15, 0.2) is 0 Å². The predicted molar refractivity (Wildman–Crippen MR) is 80.0 cm³/mol. The molecule has 1 atom stereocenters. The average Bonchev–Trinajstić information content (AvgIpc) is 3.17. The normalized spacial score (nSPS) is 26.6. The van der Waals surface area contributed by atoms with Gasteiger partial charge in [0, 0.05) is 24.1 Å². The van der Waals surface area contributed by atoms with Crippen LogP contribution in [-0.4, -0.2) is 23.6 Å². The van der Waals surface area contributed by atoms with Crippen LogP contribution in [0.1, 0.15) is 39.2 Å². The zero-order valence-electron chi connectivity index (χ0n) is 12.7. The van der Waals surface area contributed by atoms with Crippen molar-refractivity contribution in [3.05, 3.63) is 35.9 Å². The molecule has 0 aromatic heterocycles. The Morgan fingerprint density at radius 2 is 1.90 bits per heavy atom. The van der Waals surface area contributed by atoms with Gasteiger partial charge in [0.2, 0.25) is 11.7 Å². The molecular formula is C16H23N3O. The van der Waals surface area contributed by atoms with Crippen LogP contribution in [0.2, 0.25) is 0 Å². The molecule has 1 aliphatic heterocycles. The van der Waals surface area contributed by atoms with Crippen molar-refractivity contribution in [3.63, 3.8) is 0 Å². The first-order valence-electron chi connectivity index (χ1n) is 7.27. The second-order valence-electron chi connectivity index (χ2n) is 6.74. The molecule has 1 N–H and O–H groups in total. The van der Waals surface area contributed by atoms with Crippen molar-refractivity contribution in [2.45, 2.75) is 44.9 Å². The number of hydrogen-bond donors (Lipinski definition) is 1. The van der Waals surface area contributed by atoms with Gasteiger partial charge in [-0.2, -0.15) is 0 Å². The summed E-state index contributed by atoms with van der Waals surface area (Å²) in [5, 5.41) is 5.20. The van der Waals surface area contributed by atoms with Crippen LogP contribution < -0.4 is 5.32 Å². The van der Waals surface area contributed by atoms with E-state index in [4.69, 9.17) is 9.83 Å². The number of benzene rings is 1. The van der Waals surface area contributed by atoms with Crippen molar-refractivity contribution in [3.8, 4) is 0 Å². The van der Waals surface area contributed by atoms with E-state index in [9.17, 15) is 0 Å². The van der Waals surface area contributed by atoms with Crippen LogP contribution in [0, 0.1) is 5.92 Å². The lowest BCUT2D eigenvalue weighted by molar-refractivity contribution is -0.184. The summed E-state index contributed by atoms with van der Waals surface area (Å²) in [7, 11) is 1.92. The predicted octanol–water partition coefficient (Wildman–Crippen LogP) is 2.87. The third-order valence-electron chi connectivity index (χ3n) is 3.65. The molecule has 3 rings (SSSR count). The van der Waals surface area contributed by atoms with E-state index in [0.717, 1.165) is 11.5 Å². The number of nitrogens with one attached hydrogen (secondary N) is 1. The summed E-state index contributed by atoms with van der Waals surface area (Å²) in [5.74, 6) is 1.29. The molecule has 1 saturated carbocycles. The Balaban J connectivity index is 1.97. The number of hydroxylamine groups is 2. The molecule has 1 aromatic rings. The van der Waals surface area contributed by atoms with E-state index < -0.39 is 5.72 Å². The third kappa shape index (κ3) is 2.40.